The Bertz CT molecular complexity index is 973. The Morgan fingerprint density at radius 3 is 2.41 bits per heavy atom. The topological polar surface area (TPSA) is 92.3 Å². The highest BCUT2D eigenvalue weighted by atomic mass is 35.5. The Morgan fingerprint density at radius 1 is 0.963 bits per heavy atom. The van der Waals surface area contributed by atoms with Crippen LogP contribution in [0.1, 0.15) is 39.6 Å². The maximum atomic E-state index is 12.9. The van der Waals surface area contributed by atoms with Crippen LogP contribution in [0.25, 0.3) is 0 Å². The second-order valence-corrected chi connectivity index (χ2v) is 7.93. The van der Waals surface area contributed by atoms with E-state index >= 15 is 0 Å². The van der Waals surface area contributed by atoms with Gasteiger partial charge in [-0.25, -0.2) is 8.42 Å². The summed E-state index contributed by atoms with van der Waals surface area (Å²) < 4.78 is 25.7. The van der Waals surface area contributed by atoms with Crippen molar-refractivity contribution < 1.29 is 18.0 Å². The van der Waals surface area contributed by atoms with Crippen molar-refractivity contribution in [3.8, 4) is 0 Å². The van der Waals surface area contributed by atoms with Crippen LogP contribution in [0.15, 0.2) is 52.3 Å². The predicted octanol–water partition coefficient (Wildman–Crippen LogP) is 2.22. The SMILES string of the molecule is CCCNCCNC(=O)c1ccc2c(c1)S(=O)(=O)c1ccccc1C2=O.Cl. The van der Waals surface area contributed by atoms with Gasteiger partial charge in [0.2, 0.25) is 9.84 Å². The number of hydrogen-bond acceptors (Lipinski definition) is 5. The fourth-order valence-electron chi connectivity index (χ4n) is 2.89. The van der Waals surface area contributed by atoms with Crippen molar-refractivity contribution >= 4 is 33.9 Å². The predicted molar refractivity (Wildman–Crippen MR) is 105 cm³/mol. The van der Waals surface area contributed by atoms with Crippen LogP contribution in [0.4, 0.5) is 0 Å². The molecule has 0 saturated carbocycles. The van der Waals surface area contributed by atoms with E-state index in [9.17, 15) is 18.0 Å². The lowest BCUT2D eigenvalue weighted by molar-refractivity contribution is 0.0951. The van der Waals surface area contributed by atoms with Gasteiger partial charge < -0.3 is 10.6 Å². The van der Waals surface area contributed by atoms with E-state index in [0.29, 0.717) is 13.1 Å². The summed E-state index contributed by atoms with van der Waals surface area (Å²) in [5.74, 6) is -0.714. The first kappa shape index (κ1) is 21.1. The Balaban J connectivity index is 0.00000261. The van der Waals surface area contributed by atoms with E-state index < -0.39 is 9.84 Å². The van der Waals surface area contributed by atoms with Gasteiger partial charge in [0.25, 0.3) is 5.91 Å². The van der Waals surface area contributed by atoms with Crippen molar-refractivity contribution in [2.75, 3.05) is 19.6 Å². The van der Waals surface area contributed by atoms with Crippen LogP contribution in [0.2, 0.25) is 0 Å². The molecule has 0 fully saturated rings. The number of hydrogen-bond donors (Lipinski definition) is 2. The number of benzene rings is 2. The molecule has 0 unspecified atom stereocenters. The van der Waals surface area contributed by atoms with Gasteiger partial charge in [-0.05, 0) is 43.3 Å². The largest absolute Gasteiger partial charge is 0.351 e. The van der Waals surface area contributed by atoms with Gasteiger partial charge >= 0.3 is 0 Å². The smallest absolute Gasteiger partial charge is 0.251 e. The molecule has 2 aromatic carbocycles. The molecule has 2 N–H and O–H groups in total. The number of carbonyl (C=O) groups excluding carboxylic acids is 2. The Morgan fingerprint density at radius 2 is 1.67 bits per heavy atom. The van der Waals surface area contributed by atoms with E-state index in [1.165, 1.54) is 30.3 Å². The van der Waals surface area contributed by atoms with Gasteiger partial charge in [0, 0.05) is 29.8 Å². The first-order valence-electron chi connectivity index (χ1n) is 8.48. The molecule has 0 aromatic heterocycles. The lowest BCUT2D eigenvalue weighted by Crippen LogP contribution is -2.32. The van der Waals surface area contributed by atoms with Gasteiger partial charge in [-0.2, -0.15) is 0 Å². The molecule has 1 aliphatic rings. The van der Waals surface area contributed by atoms with Crippen LogP contribution in [0.5, 0.6) is 0 Å². The molecule has 6 nitrogen and oxygen atoms in total. The average molecular weight is 409 g/mol. The summed E-state index contributed by atoms with van der Waals surface area (Å²) in [5.41, 5.74) is 0.485. The molecule has 0 bridgehead atoms. The van der Waals surface area contributed by atoms with Crippen LogP contribution < -0.4 is 10.6 Å². The number of amides is 1. The third-order valence-corrected chi connectivity index (χ3v) is 6.07. The van der Waals surface area contributed by atoms with Gasteiger partial charge in [0.1, 0.15) is 0 Å². The van der Waals surface area contributed by atoms with E-state index in [1.54, 1.807) is 12.1 Å². The van der Waals surface area contributed by atoms with Crippen molar-refractivity contribution in [3.63, 3.8) is 0 Å². The van der Waals surface area contributed by atoms with Gasteiger partial charge in [-0.15, -0.1) is 12.4 Å². The van der Waals surface area contributed by atoms with E-state index in [4.69, 9.17) is 0 Å². The van der Waals surface area contributed by atoms with E-state index in [-0.39, 0.29) is 50.6 Å². The molecule has 8 heteroatoms. The van der Waals surface area contributed by atoms with Crippen molar-refractivity contribution in [3.05, 3.63) is 59.2 Å². The van der Waals surface area contributed by atoms with Gasteiger partial charge in [-0.1, -0.05) is 19.1 Å². The Labute approximate surface area is 164 Å². The zero-order valence-corrected chi connectivity index (χ0v) is 16.5. The lowest BCUT2D eigenvalue weighted by Gasteiger charge is -2.19. The maximum Gasteiger partial charge on any atom is 0.251 e. The molecule has 1 aliphatic heterocycles. The molecule has 1 amide bonds. The molecule has 1 heterocycles. The normalized spacial score (nSPS) is 13.9. The second kappa shape index (κ2) is 8.65. The number of fused-ring (bicyclic) bond motifs is 2. The summed E-state index contributed by atoms with van der Waals surface area (Å²) in [6.07, 6.45) is 1.01. The highest BCUT2D eigenvalue weighted by Gasteiger charge is 2.34. The van der Waals surface area contributed by atoms with E-state index in [1.807, 2.05) is 0 Å². The molecule has 0 saturated heterocycles. The summed E-state index contributed by atoms with van der Waals surface area (Å²) in [4.78, 5) is 24.7. The first-order valence-corrected chi connectivity index (χ1v) is 9.97. The van der Waals surface area contributed by atoms with Gasteiger partial charge in [0.15, 0.2) is 5.78 Å². The standard InChI is InChI=1S/C19H20N2O4S.ClH/c1-2-9-20-10-11-21-19(23)13-7-8-15-17(12-13)26(24,25)16-6-4-3-5-14(16)18(15)22;/h3-8,12,20H,2,9-11H2,1H3,(H,21,23);1H. The summed E-state index contributed by atoms with van der Waals surface area (Å²) in [6.45, 7) is 3.99. The minimum Gasteiger partial charge on any atom is -0.351 e. The Hall–Kier alpha value is -2.22. The van der Waals surface area contributed by atoms with E-state index in [2.05, 4.69) is 17.6 Å². The molecule has 0 spiro atoms. The van der Waals surface area contributed by atoms with Crippen molar-refractivity contribution in [1.29, 1.82) is 0 Å². The third-order valence-electron chi connectivity index (χ3n) is 4.21. The monoisotopic (exact) mass is 408 g/mol. The summed E-state index contributed by atoms with van der Waals surface area (Å²) in [6, 6.07) is 10.3. The van der Waals surface area contributed by atoms with Crippen LogP contribution in [-0.4, -0.2) is 39.7 Å². The molecular weight excluding hydrogens is 388 g/mol. The highest BCUT2D eigenvalue weighted by molar-refractivity contribution is 7.91. The quantitative estimate of drug-likeness (QED) is 0.610. The molecule has 0 radical (unpaired) electrons. The molecule has 144 valence electrons. The first-order chi connectivity index (χ1) is 12.5. The molecule has 3 rings (SSSR count). The number of nitrogens with one attached hydrogen (secondary N) is 2. The number of rotatable bonds is 6. The fourth-order valence-corrected chi connectivity index (χ4v) is 4.57. The molecule has 0 aliphatic carbocycles. The number of sulfone groups is 1. The number of halogens is 1. The molecular formula is C19H21ClN2O4S. The van der Waals surface area contributed by atoms with Crippen LogP contribution in [0.3, 0.4) is 0 Å². The van der Waals surface area contributed by atoms with Crippen LogP contribution in [-0.2, 0) is 9.84 Å². The van der Waals surface area contributed by atoms with Gasteiger partial charge in [-0.3, -0.25) is 9.59 Å². The van der Waals surface area contributed by atoms with Crippen LogP contribution >= 0.6 is 12.4 Å². The minimum absolute atomic E-state index is 0. The summed E-state index contributed by atoms with van der Waals surface area (Å²) in [7, 11) is -3.84. The van der Waals surface area contributed by atoms with Crippen molar-refractivity contribution in [2.45, 2.75) is 23.1 Å². The molecule has 0 atom stereocenters. The van der Waals surface area contributed by atoms with Crippen molar-refractivity contribution in [2.24, 2.45) is 0 Å². The molecule has 27 heavy (non-hydrogen) atoms. The Kier molecular flexibility index (Phi) is 6.75. The minimum atomic E-state index is -3.84. The van der Waals surface area contributed by atoms with Crippen molar-refractivity contribution in [1.82, 2.24) is 10.6 Å². The third kappa shape index (κ3) is 4.05. The number of ketones is 1. The number of carbonyl (C=O) groups is 2. The zero-order valence-electron chi connectivity index (χ0n) is 14.8. The second-order valence-electron chi connectivity index (χ2n) is 6.05. The maximum absolute atomic E-state index is 12.9. The van der Waals surface area contributed by atoms with Crippen LogP contribution in [0, 0.1) is 0 Å². The van der Waals surface area contributed by atoms with E-state index in [0.717, 1.165) is 13.0 Å². The fraction of sp³-hybridized carbons (Fsp3) is 0.263. The molecule has 2 aromatic rings. The summed E-state index contributed by atoms with van der Waals surface area (Å²) in [5, 5.41) is 5.91. The lowest BCUT2D eigenvalue weighted by atomic mass is 10.0. The summed E-state index contributed by atoms with van der Waals surface area (Å²) >= 11 is 0. The zero-order chi connectivity index (χ0) is 18.7. The highest BCUT2D eigenvalue weighted by Crippen LogP contribution is 2.34. The average Bonchev–Trinajstić information content (AvgIpc) is 2.66. The van der Waals surface area contributed by atoms with Gasteiger partial charge in [0.05, 0.1) is 9.79 Å².